The molecule has 222 valence electrons. The van der Waals surface area contributed by atoms with Gasteiger partial charge in [-0.05, 0) is 23.8 Å². The number of carboxylic acid groups (broad SMARTS) is 1. The predicted octanol–water partition coefficient (Wildman–Crippen LogP) is -3.74. The van der Waals surface area contributed by atoms with Crippen LogP contribution < -0.4 is 22.1 Å². The standard InChI is InChI=1S/C23H33N11O6S/c1-9-17-16(10(2)28-15(36)7-33-8-27-30-31-33)21(38)34(17)18(22(39)40)19(9)41-11-3-12(26-4-11)20(37)32-5-13(14(35)6-32)29-23(24)25/h8-14,16-17,26,35H,3-7H2,1-2H3,(H,28,36)(H,39,40)(H4,24,25,29)/t9-,10-,11?,12+,13+,14-,16?,17-/m1/s1. The van der Waals surface area contributed by atoms with Crippen LogP contribution in [-0.2, 0) is 25.7 Å². The summed E-state index contributed by atoms with van der Waals surface area (Å²) in [6.07, 6.45) is 0.884. The van der Waals surface area contributed by atoms with Crippen LogP contribution in [0.15, 0.2) is 21.9 Å². The highest BCUT2D eigenvalue weighted by molar-refractivity contribution is 8.03. The molecule has 8 atom stereocenters. The van der Waals surface area contributed by atoms with Crippen LogP contribution >= 0.6 is 11.8 Å². The van der Waals surface area contributed by atoms with E-state index in [9.17, 15) is 29.4 Å². The van der Waals surface area contributed by atoms with E-state index < -0.39 is 42.2 Å². The van der Waals surface area contributed by atoms with Crippen LogP contribution in [0.4, 0.5) is 0 Å². The van der Waals surface area contributed by atoms with Gasteiger partial charge in [-0.2, -0.15) is 0 Å². The molecule has 0 radical (unpaired) electrons. The van der Waals surface area contributed by atoms with Gasteiger partial charge >= 0.3 is 5.97 Å². The third-order valence-corrected chi connectivity index (χ3v) is 9.50. The molecule has 18 heteroatoms. The largest absolute Gasteiger partial charge is 0.477 e. The molecule has 0 spiro atoms. The molecule has 0 aromatic carbocycles. The lowest BCUT2D eigenvalue weighted by Crippen LogP contribution is -2.66. The van der Waals surface area contributed by atoms with E-state index in [4.69, 9.17) is 11.5 Å². The van der Waals surface area contributed by atoms with Gasteiger partial charge in [0.05, 0.1) is 30.1 Å². The van der Waals surface area contributed by atoms with Crippen LogP contribution in [0.5, 0.6) is 0 Å². The number of β-lactam (4-membered cyclic amide) rings is 1. The Balaban J connectivity index is 1.21. The van der Waals surface area contributed by atoms with E-state index in [-0.39, 0.29) is 60.2 Å². The number of likely N-dealkylation sites (tertiary alicyclic amines) is 1. The number of hydrogen-bond acceptors (Lipinski definition) is 11. The molecule has 0 bridgehead atoms. The predicted molar refractivity (Wildman–Crippen MR) is 143 cm³/mol. The second kappa shape index (κ2) is 11.2. The van der Waals surface area contributed by atoms with E-state index in [1.165, 1.54) is 32.6 Å². The number of amides is 3. The van der Waals surface area contributed by atoms with E-state index in [1.54, 1.807) is 6.92 Å². The number of tetrazole rings is 1. The lowest BCUT2D eigenvalue weighted by molar-refractivity contribution is -0.158. The molecule has 4 aliphatic heterocycles. The Morgan fingerprint density at radius 3 is 2.73 bits per heavy atom. The Kier molecular flexibility index (Phi) is 7.89. The first-order valence-electron chi connectivity index (χ1n) is 13.2. The fraction of sp³-hybridized carbons (Fsp3) is 0.652. The second-order valence-corrected chi connectivity index (χ2v) is 12.1. The van der Waals surface area contributed by atoms with Crippen molar-refractivity contribution < 1.29 is 29.4 Å². The molecule has 5 rings (SSSR count). The maximum Gasteiger partial charge on any atom is 0.353 e. The number of hydrogen-bond donors (Lipinski definition) is 6. The zero-order valence-corrected chi connectivity index (χ0v) is 23.3. The minimum atomic E-state index is -1.19. The summed E-state index contributed by atoms with van der Waals surface area (Å²) in [4.78, 5) is 58.5. The summed E-state index contributed by atoms with van der Waals surface area (Å²) < 4.78 is 1.26. The number of thioether (sulfide) groups is 1. The number of aliphatic hydroxyl groups excluding tert-OH is 1. The second-order valence-electron chi connectivity index (χ2n) is 10.8. The number of aliphatic hydroxyl groups is 1. The summed E-state index contributed by atoms with van der Waals surface area (Å²) in [6, 6.07) is -2.04. The molecule has 3 saturated heterocycles. The van der Waals surface area contributed by atoms with E-state index in [1.807, 2.05) is 6.92 Å². The van der Waals surface area contributed by atoms with Gasteiger partial charge < -0.3 is 42.1 Å². The number of aliphatic carboxylic acids is 1. The fourth-order valence-electron chi connectivity index (χ4n) is 6.13. The molecular weight excluding hydrogens is 558 g/mol. The highest BCUT2D eigenvalue weighted by Crippen LogP contribution is 2.51. The Morgan fingerprint density at radius 2 is 2.07 bits per heavy atom. The molecule has 1 aromatic heterocycles. The average molecular weight is 592 g/mol. The summed E-state index contributed by atoms with van der Waals surface area (Å²) in [5.41, 5.74) is 10.8. The van der Waals surface area contributed by atoms with Crippen molar-refractivity contribution in [2.75, 3.05) is 19.6 Å². The van der Waals surface area contributed by atoms with Gasteiger partial charge in [0.1, 0.15) is 18.6 Å². The first-order chi connectivity index (χ1) is 19.5. The lowest BCUT2D eigenvalue weighted by Gasteiger charge is -2.47. The number of aliphatic imine (C=N–C) groups is 1. The van der Waals surface area contributed by atoms with Crippen LogP contribution in [0.25, 0.3) is 0 Å². The minimum Gasteiger partial charge on any atom is -0.477 e. The van der Waals surface area contributed by atoms with E-state index >= 15 is 0 Å². The molecule has 8 N–H and O–H groups in total. The minimum absolute atomic E-state index is 0.0431. The van der Waals surface area contributed by atoms with Crippen molar-refractivity contribution >= 4 is 41.4 Å². The zero-order valence-electron chi connectivity index (χ0n) is 22.5. The normalized spacial score (nSPS) is 31.6. The highest BCUT2D eigenvalue weighted by Gasteiger charge is 2.60. The third kappa shape index (κ3) is 5.45. The smallest absolute Gasteiger partial charge is 0.353 e. The molecule has 0 aliphatic carbocycles. The van der Waals surface area contributed by atoms with Crippen LogP contribution in [-0.4, -0.2) is 125 Å². The summed E-state index contributed by atoms with van der Waals surface area (Å²) in [7, 11) is 0. The molecule has 0 saturated carbocycles. The molecule has 17 nitrogen and oxygen atoms in total. The van der Waals surface area contributed by atoms with Crippen molar-refractivity contribution in [2.45, 2.75) is 62.3 Å². The lowest BCUT2D eigenvalue weighted by atomic mass is 9.78. The number of carboxylic acids is 1. The Labute approximate surface area is 238 Å². The van der Waals surface area contributed by atoms with Crippen molar-refractivity contribution in [3.63, 3.8) is 0 Å². The number of nitrogens with one attached hydrogen (secondary N) is 2. The monoisotopic (exact) mass is 591 g/mol. The maximum atomic E-state index is 13.2. The van der Waals surface area contributed by atoms with Gasteiger partial charge in [0, 0.05) is 41.7 Å². The number of rotatable bonds is 9. The molecule has 2 unspecified atom stereocenters. The van der Waals surface area contributed by atoms with Crippen molar-refractivity contribution in [1.29, 1.82) is 0 Å². The fourth-order valence-corrected chi connectivity index (χ4v) is 7.61. The molecule has 41 heavy (non-hydrogen) atoms. The average Bonchev–Trinajstić information content (AvgIpc) is 3.68. The number of nitrogens with two attached hydrogens (primary N) is 2. The first kappa shape index (κ1) is 28.7. The van der Waals surface area contributed by atoms with E-state index in [0.29, 0.717) is 17.9 Å². The van der Waals surface area contributed by atoms with Crippen LogP contribution in [0.1, 0.15) is 20.3 Å². The van der Waals surface area contributed by atoms with Crippen LogP contribution in [0.3, 0.4) is 0 Å². The zero-order chi connectivity index (χ0) is 29.6. The molecule has 3 fully saturated rings. The molecule has 1 aromatic rings. The van der Waals surface area contributed by atoms with Gasteiger partial charge in [0.25, 0.3) is 0 Å². The number of aromatic nitrogens is 4. The maximum absolute atomic E-state index is 13.2. The Bertz CT molecular complexity index is 1280. The van der Waals surface area contributed by atoms with Gasteiger partial charge in [-0.25, -0.2) is 14.5 Å². The van der Waals surface area contributed by atoms with Gasteiger partial charge in [0.2, 0.25) is 17.7 Å². The number of carbonyl (C=O) groups excluding carboxylic acids is 3. The van der Waals surface area contributed by atoms with Gasteiger partial charge in [-0.15, -0.1) is 16.9 Å². The molecule has 5 heterocycles. The summed E-state index contributed by atoms with van der Waals surface area (Å²) in [6.45, 7) is 4.27. The van der Waals surface area contributed by atoms with Crippen molar-refractivity contribution in [2.24, 2.45) is 28.3 Å². The van der Waals surface area contributed by atoms with Gasteiger partial charge in [-0.1, -0.05) is 6.92 Å². The SMILES string of the molecule is C[C@@H](NC(=O)Cn1cnnn1)C1C(=O)N2C(C(=O)O)=C(SC3CN[C@H](C(=O)N4C[C@@H](O)[C@@H](N=C(N)N)C4)C3)[C@H](C)[C@H]12. The Hall–Kier alpha value is -3.77. The van der Waals surface area contributed by atoms with Crippen LogP contribution in [0.2, 0.25) is 0 Å². The third-order valence-electron chi connectivity index (χ3n) is 7.98. The summed E-state index contributed by atoms with van der Waals surface area (Å²) in [5.74, 6) is -3.13. The molecule has 4 aliphatic rings. The topological polar surface area (TPSA) is 247 Å². The van der Waals surface area contributed by atoms with Crippen molar-refractivity contribution in [3.8, 4) is 0 Å². The highest BCUT2D eigenvalue weighted by atomic mass is 32.2. The number of β-amino-alcohol motifs (C(OH)–C–C–N with tert-alkyl or cyclic N) is 1. The summed E-state index contributed by atoms with van der Waals surface area (Å²) >= 11 is 1.37. The number of carbonyl (C=O) groups is 4. The van der Waals surface area contributed by atoms with Gasteiger partial charge in [-0.3, -0.25) is 14.4 Å². The number of nitrogens with zero attached hydrogens (tertiary/aromatic N) is 7. The van der Waals surface area contributed by atoms with E-state index in [2.05, 4.69) is 31.2 Å². The summed E-state index contributed by atoms with van der Waals surface area (Å²) in [5, 5.41) is 36.8. The van der Waals surface area contributed by atoms with Crippen molar-refractivity contribution in [3.05, 3.63) is 16.9 Å². The van der Waals surface area contributed by atoms with Crippen LogP contribution in [0, 0.1) is 11.8 Å². The first-order valence-corrected chi connectivity index (χ1v) is 14.1. The molecule has 3 amide bonds. The number of guanidine groups is 1. The Morgan fingerprint density at radius 1 is 1.32 bits per heavy atom. The van der Waals surface area contributed by atoms with Gasteiger partial charge in [0.15, 0.2) is 5.96 Å². The quantitative estimate of drug-likeness (QED) is 0.0919. The number of fused-ring (bicyclic) bond motifs is 1. The molecular formula is C23H33N11O6S. The van der Waals surface area contributed by atoms with Crippen molar-refractivity contribution in [1.82, 2.24) is 40.6 Å². The van der Waals surface area contributed by atoms with E-state index in [0.717, 1.165) is 0 Å².